The number of imidazole rings is 1. The Morgan fingerprint density at radius 2 is 1.68 bits per heavy atom. The molecule has 2 aromatic heterocycles. The quantitative estimate of drug-likeness (QED) is 0.466. The van der Waals surface area contributed by atoms with E-state index in [9.17, 15) is 5.11 Å². The van der Waals surface area contributed by atoms with E-state index in [0.717, 1.165) is 0 Å². The van der Waals surface area contributed by atoms with Gasteiger partial charge in [0, 0.05) is 0 Å². The molecule has 3 N–H and O–H groups in total. The van der Waals surface area contributed by atoms with Crippen molar-refractivity contribution in [1.29, 1.82) is 0 Å². The maximum absolute atomic E-state index is 9.62. The van der Waals surface area contributed by atoms with Crippen molar-refractivity contribution >= 4 is 34.1 Å². The van der Waals surface area contributed by atoms with Crippen LogP contribution in [0.15, 0.2) is 12.7 Å². The smallest absolute Gasteiger partial charge is 0.335 e. The van der Waals surface area contributed by atoms with Gasteiger partial charge in [-0.15, -0.1) is 0 Å². The summed E-state index contributed by atoms with van der Waals surface area (Å²) < 4.78 is 36.1. The highest BCUT2D eigenvalue weighted by Gasteiger charge is 2.62. The second kappa shape index (κ2) is 11.0. The summed E-state index contributed by atoms with van der Waals surface area (Å²) in [5.41, 5.74) is 7.88. The van der Waals surface area contributed by atoms with Crippen molar-refractivity contribution in [3.05, 3.63) is 12.7 Å². The summed E-state index contributed by atoms with van der Waals surface area (Å²) in [6.45, 7) is 17.8. The Bertz CT molecular complexity index is 1050. The molecule has 4 heterocycles. The van der Waals surface area contributed by atoms with Crippen LogP contribution in [0.3, 0.4) is 0 Å². The van der Waals surface area contributed by atoms with Gasteiger partial charge in [-0.1, -0.05) is 55.4 Å². The molecule has 2 fully saturated rings. The topological polar surface area (TPSA) is 136 Å². The highest BCUT2D eigenvalue weighted by molar-refractivity contribution is 6.84. The minimum atomic E-state index is -2.88. The zero-order chi connectivity index (χ0) is 27.1. The second-order valence-electron chi connectivity index (χ2n) is 11.3. The molecule has 13 heteroatoms. The molecule has 0 aliphatic carbocycles. The average Bonchev–Trinajstić information content (AvgIpc) is 3.39. The van der Waals surface area contributed by atoms with Gasteiger partial charge >= 0.3 is 17.1 Å². The van der Waals surface area contributed by atoms with Crippen molar-refractivity contribution < 1.29 is 27.5 Å². The second-order valence-corrected chi connectivity index (χ2v) is 20.1. The number of aromatic nitrogens is 4. The summed E-state index contributed by atoms with van der Waals surface area (Å²) >= 11 is 0. The molecule has 4 atom stereocenters. The van der Waals surface area contributed by atoms with Crippen molar-refractivity contribution in [1.82, 2.24) is 19.5 Å². The van der Waals surface area contributed by atoms with E-state index < -0.39 is 41.7 Å². The fourth-order valence-corrected chi connectivity index (χ4v) is 17.0. The lowest BCUT2D eigenvalue weighted by molar-refractivity contribution is -0.0747. The molecule has 2 aliphatic heterocycles. The van der Waals surface area contributed by atoms with Crippen LogP contribution in [0, 0.1) is 0 Å². The van der Waals surface area contributed by atoms with Gasteiger partial charge in [0.2, 0.25) is 0 Å². The van der Waals surface area contributed by atoms with E-state index in [1.807, 2.05) is 4.57 Å². The van der Waals surface area contributed by atoms with E-state index in [1.165, 1.54) is 6.33 Å². The van der Waals surface area contributed by atoms with Crippen LogP contribution in [0.1, 0.15) is 61.6 Å². The van der Waals surface area contributed by atoms with E-state index in [-0.39, 0.29) is 35.4 Å². The minimum Gasteiger partial charge on any atom is -0.414 e. The van der Waals surface area contributed by atoms with Gasteiger partial charge < -0.3 is 33.3 Å². The van der Waals surface area contributed by atoms with Crippen molar-refractivity contribution in [3.8, 4) is 0 Å². The third-order valence-electron chi connectivity index (χ3n) is 7.68. The zero-order valence-corrected chi connectivity index (χ0v) is 25.2. The highest BCUT2D eigenvalue weighted by Crippen LogP contribution is 2.49. The number of nitrogens with two attached hydrogens (primary N) is 1. The van der Waals surface area contributed by atoms with E-state index in [1.54, 1.807) is 6.33 Å². The van der Waals surface area contributed by atoms with Crippen molar-refractivity contribution in [2.24, 2.45) is 0 Å². The van der Waals surface area contributed by atoms with Crippen molar-refractivity contribution in [2.75, 3.05) is 25.6 Å². The summed E-state index contributed by atoms with van der Waals surface area (Å²) in [6.07, 6.45) is 1.03. The summed E-state index contributed by atoms with van der Waals surface area (Å²) in [4.78, 5) is 12.9. The molecular formula is C24H43N5O6Si2. The first-order chi connectivity index (χ1) is 17.5. The Kier molecular flexibility index (Phi) is 8.46. The number of hydrogen-bond acceptors (Lipinski definition) is 10. The van der Waals surface area contributed by atoms with Crippen LogP contribution in [-0.2, 0) is 22.4 Å². The predicted molar refractivity (Wildman–Crippen MR) is 144 cm³/mol. The summed E-state index contributed by atoms with van der Waals surface area (Å²) in [5.74, 6) is 0.296. The summed E-state index contributed by atoms with van der Waals surface area (Å²) in [5, 5.41) is 9.62. The van der Waals surface area contributed by atoms with Gasteiger partial charge in [-0.25, -0.2) is 15.0 Å². The van der Waals surface area contributed by atoms with Crippen molar-refractivity contribution in [3.63, 3.8) is 0 Å². The lowest BCUT2D eigenvalue weighted by Gasteiger charge is -2.51. The van der Waals surface area contributed by atoms with Crippen LogP contribution >= 0.6 is 0 Å². The van der Waals surface area contributed by atoms with Gasteiger partial charge in [0.25, 0.3) is 0 Å². The molecule has 4 unspecified atom stereocenters. The number of ether oxygens (including phenoxy) is 2. The van der Waals surface area contributed by atoms with Crippen LogP contribution in [0.2, 0.25) is 22.2 Å². The van der Waals surface area contributed by atoms with Gasteiger partial charge in [0.1, 0.15) is 30.2 Å². The molecule has 0 saturated carbocycles. The standard InChI is InChI=1S/C24H43N5O6Si2/c1-14(2)36(15(3)4)32-11-18-20(34-37(35-36,16(5)6)17(7)8)21(31-10-9-30)24(33-18)29-13-28-19-22(25)26-12-27-23(19)29/h12-18,20-21,24,30H,9-11H2,1-8H3,(H2,25,26,27). The first kappa shape index (κ1) is 28.5. The summed E-state index contributed by atoms with van der Waals surface area (Å²) in [7, 11) is -5.59. The molecule has 2 saturated heterocycles. The number of anilines is 1. The number of fused-ring (bicyclic) bond motifs is 2. The van der Waals surface area contributed by atoms with Gasteiger partial charge in [0.05, 0.1) is 26.1 Å². The van der Waals surface area contributed by atoms with E-state index >= 15 is 0 Å². The number of aliphatic hydroxyl groups excluding tert-OH is 1. The monoisotopic (exact) mass is 553 g/mol. The molecule has 37 heavy (non-hydrogen) atoms. The number of hydrogen-bond donors (Lipinski definition) is 2. The molecule has 208 valence electrons. The third kappa shape index (κ3) is 4.88. The Balaban J connectivity index is 1.82. The van der Waals surface area contributed by atoms with Gasteiger partial charge in [-0.2, -0.15) is 0 Å². The number of nitrogens with zero attached hydrogens (tertiary/aromatic N) is 4. The van der Waals surface area contributed by atoms with Gasteiger partial charge in [-0.3, -0.25) is 4.57 Å². The van der Waals surface area contributed by atoms with E-state index in [0.29, 0.717) is 23.6 Å². The Morgan fingerprint density at radius 3 is 2.27 bits per heavy atom. The number of aliphatic hydroxyl groups is 1. The van der Waals surface area contributed by atoms with Crippen LogP contribution in [-0.4, -0.2) is 79.9 Å². The van der Waals surface area contributed by atoms with Crippen LogP contribution in [0.25, 0.3) is 11.2 Å². The van der Waals surface area contributed by atoms with E-state index in [4.69, 9.17) is 28.2 Å². The fourth-order valence-electron chi connectivity index (χ4n) is 5.77. The first-order valence-electron chi connectivity index (χ1n) is 13.3. The fraction of sp³-hybridized carbons (Fsp3) is 0.792. The molecule has 11 nitrogen and oxygen atoms in total. The molecule has 0 amide bonds. The largest absolute Gasteiger partial charge is 0.414 e. The van der Waals surface area contributed by atoms with E-state index in [2.05, 4.69) is 70.3 Å². The number of nitrogen functional groups attached to an aromatic ring is 1. The molecule has 4 rings (SSSR count). The van der Waals surface area contributed by atoms with Gasteiger partial charge in [-0.05, 0) is 22.2 Å². The molecule has 2 aromatic rings. The van der Waals surface area contributed by atoms with Crippen LogP contribution < -0.4 is 5.73 Å². The Morgan fingerprint density at radius 1 is 1.03 bits per heavy atom. The average molecular weight is 554 g/mol. The minimum absolute atomic E-state index is 0.124. The highest BCUT2D eigenvalue weighted by atomic mass is 28.5. The lowest BCUT2D eigenvalue weighted by Crippen LogP contribution is -2.66. The third-order valence-corrected chi connectivity index (χ3v) is 17.9. The van der Waals surface area contributed by atoms with Crippen molar-refractivity contribution in [2.45, 2.75) is 102 Å². The molecule has 2 aliphatic rings. The SMILES string of the molecule is CC(C)[Si]1(C(C)C)OCC2OC(n3cnc4c(N)ncnc43)C(OCCO)C2O[Si](C(C)C)(C(C)C)O1. The maximum Gasteiger partial charge on any atom is 0.335 e. The normalized spacial score (nSPS) is 27.8. The van der Waals surface area contributed by atoms with Gasteiger partial charge in [0.15, 0.2) is 17.7 Å². The first-order valence-corrected chi connectivity index (χ1v) is 17.3. The van der Waals surface area contributed by atoms with Crippen LogP contribution in [0.5, 0.6) is 0 Å². The molecule has 0 radical (unpaired) electrons. The van der Waals surface area contributed by atoms with Crippen LogP contribution in [0.4, 0.5) is 5.82 Å². The number of rotatable bonds is 8. The Labute approximate surface area is 221 Å². The molecule has 0 aromatic carbocycles. The summed E-state index contributed by atoms with van der Waals surface area (Å²) in [6, 6.07) is 0. The Hall–Kier alpha value is -1.46. The predicted octanol–water partition coefficient (Wildman–Crippen LogP) is 3.64. The zero-order valence-electron chi connectivity index (χ0n) is 23.2. The molecular weight excluding hydrogens is 510 g/mol. The maximum atomic E-state index is 9.62. The molecule has 0 spiro atoms. The molecule has 0 bridgehead atoms. The lowest BCUT2D eigenvalue weighted by atomic mass is 10.1.